The first-order valence-electron chi connectivity index (χ1n) is 11.2. The third-order valence-corrected chi connectivity index (χ3v) is 5.97. The molecule has 1 aromatic heterocycles. The smallest absolute Gasteiger partial charge is 0.346 e. The highest BCUT2D eigenvalue weighted by Gasteiger charge is 2.21. The lowest BCUT2D eigenvalue weighted by molar-refractivity contribution is 0.0703. The van der Waals surface area contributed by atoms with Crippen LogP contribution < -0.4 is 5.32 Å². The number of esters is 1. The molecular weight excluding hydrogens is 366 g/mol. The van der Waals surface area contributed by atoms with Crippen LogP contribution in [0.1, 0.15) is 87.4 Å². The average Bonchev–Trinajstić information content (AvgIpc) is 3.17. The molecule has 6 nitrogen and oxygen atoms in total. The van der Waals surface area contributed by atoms with E-state index >= 15 is 0 Å². The van der Waals surface area contributed by atoms with E-state index in [1.165, 1.54) is 38.5 Å². The van der Waals surface area contributed by atoms with E-state index in [0.717, 1.165) is 37.6 Å². The van der Waals surface area contributed by atoms with Gasteiger partial charge in [-0.15, -0.1) is 0 Å². The molecule has 156 valence electrons. The summed E-state index contributed by atoms with van der Waals surface area (Å²) in [5.74, 6) is 0.267. The Morgan fingerprint density at radius 2 is 1.86 bits per heavy atom. The highest BCUT2D eigenvalue weighted by Crippen LogP contribution is 2.22. The van der Waals surface area contributed by atoms with Gasteiger partial charge >= 0.3 is 5.97 Å². The number of ether oxygens (including phenoxy) is 1. The van der Waals surface area contributed by atoms with Crippen molar-refractivity contribution in [1.29, 1.82) is 0 Å². The van der Waals surface area contributed by atoms with E-state index in [-0.39, 0.29) is 6.04 Å². The number of carbonyl (C=O) groups is 1. The normalized spacial score (nSPS) is 19.4. The Kier molecular flexibility index (Phi) is 6.47. The van der Waals surface area contributed by atoms with E-state index in [1.807, 2.05) is 6.92 Å². The molecule has 2 fully saturated rings. The van der Waals surface area contributed by atoms with Crippen molar-refractivity contribution in [3.63, 3.8) is 0 Å². The van der Waals surface area contributed by atoms with Crippen molar-refractivity contribution in [2.45, 2.75) is 89.6 Å². The second-order valence-corrected chi connectivity index (χ2v) is 8.24. The van der Waals surface area contributed by atoms with E-state index in [0.29, 0.717) is 29.1 Å². The Morgan fingerprint density at radius 1 is 1.14 bits per heavy atom. The average molecular weight is 398 g/mol. The maximum atomic E-state index is 12.9. The minimum absolute atomic E-state index is 0.242. The van der Waals surface area contributed by atoms with Gasteiger partial charge in [0.1, 0.15) is 5.52 Å². The molecule has 4 rings (SSSR count). The molecule has 2 aromatic rings. The minimum Gasteiger partial charge on any atom is -0.441 e. The number of hydrogen-bond donors (Lipinski definition) is 1. The van der Waals surface area contributed by atoms with E-state index in [9.17, 15) is 4.79 Å². The van der Waals surface area contributed by atoms with Gasteiger partial charge in [0, 0.05) is 12.5 Å². The predicted octanol–water partition coefficient (Wildman–Crippen LogP) is 5.16. The van der Waals surface area contributed by atoms with E-state index in [4.69, 9.17) is 14.1 Å². The third-order valence-electron chi connectivity index (χ3n) is 5.97. The van der Waals surface area contributed by atoms with Gasteiger partial charge < -0.3 is 14.5 Å². The fraction of sp³-hybridized carbons (Fsp3) is 0.609. The number of rotatable bonds is 4. The van der Waals surface area contributed by atoms with E-state index in [1.54, 1.807) is 18.2 Å². The summed E-state index contributed by atoms with van der Waals surface area (Å²) in [7, 11) is 0. The van der Waals surface area contributed by atoms with Crippen molar-refractivity contribution in [1.82, 2.24) is 10.3 Å². The monoisotopic (exact) mass is 397 g/mol. The molecule has 0 amide bonds. The Hall–Kier alpha value is -2.37. The van der Waals surface area contributed by atoms with Crippen LogP contribution in [-0.2, 0) is 11.2 Å². The first kappa shape index (κ1) is 19.9. The number of carbonyl (C=O) groups excluding carboxylic acids is 1. The third kappa shape index (κ3) is 5.17. The van der Waals surface area contributed by atoms with E-state index < -0.39 is 5.97 Å². The number of nitrogens with one attached hydrogen (secondary N) is 1. The Balaban J connectivity index is 1.50. The van der Waals surface area contributed by atoms with Crippen molar-refractivity contribution in [2.75, 3.05) is 0 Å². The molecule has 1 heterocycles. The fourth-order valence-corrected chi connectivity index (χ4v) is 4.29. The number of aryl methyl sites for hydroxylation is 1. The van der Waals surface area contributed by atoms with Crippen molar-refractivity contribution >= 4 is 23.1 Å². The molecule has 1 aromatic carbocycles. The van der Waals surface area contributed by atoms with Crippen molar-refractivity contribution in [3.8, 4) is 0 Å². The van der Waals surface area contributed by atoms with Crippen LogP contribution in [0.2, 0.25) is 0 Å². The Bertz CT molecular complexity index is 861. The van der Waals surface area contributed by atoms with Crippen LogP contribution in [-0.4, -0.2) is 29.1 Å². The number of oxazole rings is 1. The number of aromatic nitrogens is 1. The van der Waals surface area contributed by atoms with Crippen LogP contribution in [0.25, 0.3) is 11.1 Å². The van der Waals surface area contributed by atoms with Gasteiger partial charge in [-0.05, 0) is 43.9 Å². The summed E-state index contributed by atoms with van der Waals surface area (Å²) in [5.41, 5.74) is 1.83. The van der Waals surface area contributed by atoms with Gasteiger partial charge in [0.25, 0.3) is 6.02 Å². The van der Waals surface area contributed by atoms with Crippen LogP contribution in [0, 0.1) is 0 Å². The minimum atomic E-state index is -0.404. The maximum absolute atomic E-state index is 12.9. The lowest BCUT2D eigenvalue weighted by Gasteiger charge is -2.25. The first-order valence-corrected chi connectivity index (χ1v) is 11.2. The largest absolute Gasteiger partial charge is 0.441 e. The number of amidine groups is 1. The zero-order chi connectivity index (χ0) is 20.1. The summed E-state index contributed by atoms with van der Waals surface area (Å²) in [6.45, 7) is 1.99. The summed E-state index contributed by atoms with van der Waals surface area (Å²) < 4.78 is 11.5. The second-order valence-electron chi connectivity index (χ2n) is 8.24. The molecule has 0 atom stereocenters. The first-order chi connectivity index (χ1) is 14.2. The lowest BCUT2D eigenvalue weighted by Crippen LogP contribution is -2.39. The molecule has 0 spiro atoms. The van der Waals surface area contributed by atoms with Gasteiger partial charge in [-0.3, -0.25) is 0 Å². The summed E-state index contributed by atoms with van der Waals surface area (Å²) in [4.78, 5) is 22.0. The highest BCUT2D eigenvalue weighted by molar-refractivity contribution is 5.99. The quantitative estimate of drug-likeness (QED) is 0.438. The van der Waals surface area contributed by atoms with Gasteiger partial charge in [-0.1, -0.05) is 45.4 Å². The zero-order valence-corrected chi connectivity index (χ0v) is 17.3. The van der Waals surface area contributed by atoms with Crippen LogP contribution in [0.15, 0.2) is 27.6 Å². The molecule has 0 unspecified atom stereocenters. The van der Waals surface area contributed by atoms with Gasteiger partial charge in [0.2, 0.25) is 0 Å². The lowest BCUT2D eigenvalue weighted by atomic mass is 9.95. The number of hydrogen-bond acceptors (Lipinski definition) is 5. The van der Waals surface area contributed by atoms with Gasteiger partial charge in [0.15, 0.2) is 11.5 Å². The topological polar surface area (TPSA) is 76.7 Å². The summed E-state index contributed by atoms with van der Waals surface area (Å²) in [5, 5.41) is 3.43. The summed E-state index contributed by atoms with van der Waals surface area (Å²) >= 11 is 0. The molecule has 0 bridgehead atoms. The number of benzene rings is 1. The molecule has 29 heavy (non-hydrogen) atoms. The van der Waals surface area contributed by atoms with Gasteiger partial charge in [-0.25, -0.2) is 14.8 Å². The second kappa shape index (κ2) is 9.42. The number of aliphatic imine (C=N–C) groups is 1. The SMILES string of the molecule is CCc1nc2ccc(C(=O)OC(=NC3CCCCC3)NC3CCCCC3)cc2o1. The Labute approximate surface area is 172 Å². The molecular formula is C23H31N3O3. The summed E-state index contributed by atoms with van der Waals surface area (Å²) in [6.07, 6.45) is 12.4. The number of fused-ring (bicyclic) bond motifs is 1. The molecule has 6 heteroatoms. The standard InChI is InChI=1S/C23H31N3O3/c1-2-21-26-19-14-13-16(15-20(19)28-21)22(27)29-23(24-17-9-5-3-6-10-17)25-18-11-7-4-8-12-18/h13-15,17-18H,2-12H2,1H3,(H,24,25). The molecule has 0 saturated heterocycles. The van der Waals surface area contributed by atoms with Gasteiger partial charge in [-0.2, -0.15) is 0 Å². The zero-order valence-electron chi connectivity index (χ0n) is 17.3. The number of nitrogens with zero attached hydrogens (tertiary/aromatic N) is 2. The van der Waals surface area contributed by atoms with Crippen LogP contribution in [0.5, 0.6) is 0 Å². The van der Waals surface area contributed by atoms with Gasteiger partial charge in [0.05, 0.1) is 11.6 Å². The molecule has 2 aliphatic carbocycles. The van der Waals surface area contributed by atoms with Crippen LogP contribution in [0.4, 0.5) is 0 Å². The molecule has 2 aliphatic rings. The summed E-state index contributed by atoms with van der Waals surface area (Å²) in [6, 6.07) is 6.23. The molecule has 0 aliphatic heterocycles. The van der Waals surface area contributed by atoms with Crippen molar-refractivity contribution in [2.24, 2.45) is 4.99 Å². The van der Waals surface area contributed by atoms with Crippen molar-refractivity contribution in [3.05, 3.63) is 29.7 Å². The van der Waals surface area contributed by atoms with Crippen molar-refractivity contribution < 1.29 is 13.9 Å². The van der Waals surface area contributed by atoms with E-state index in [2.05, 4.69) is 10.3 Å². The highest BCUT2D eigenvalue weighted by atomic mass is 16.6. The molecule has 1 N–H and O–H groups in total. The predicted molar refractivity (Wildman–Crippen MR) is 113 cm³/mol. The molecule has 0 radical (unpaired) electrons. The fourth-order valence-electron chi connectivity index (χ4n) is 4.29. The van der Waals surface area contributed by atoms with Crippen LogP contribution in [0.3, 0.4) is 0 Å². The van der Waals surface area contributed by atoms with Crippen LogP contribution >= 0.6 is 0 Å². The maximum Gasteiger partial charge on any atom is 0.346 e. The molecule has 2 saturated carbocycles. The Morgan fingerprint density at radius 3 is 2.59 bits per heavy atom.